The van der Waals surface area contributed by atoms with Crippen molar-refractivity contribution in [1.29, 1.82) is 5.26 Å². The zero-order valence-corrected chi connectivity index (χ0v) is 10.6. The Morgan fingerprint density at radius 2 is 1.86 bits per heavy atom. The Bertz CT molecular complexity index is 589. The average molecular weight is 297 g/mol. The molecule has 1 aromatic carbocycles. The van der Waals surface area contributed by atoms with Crippen LogP contribution in [0.2, 0.25) is 0 Å². The number of Topliss-reactive ketones (excluding diaryl/α,β-unsaturated/α-hetero) is 1. The van der Waals surface area contributed by atoms with Gasteiger partial charge in [-0.1, -0.05) is 30.3 Å². The van der Waals surface area contributed by atoms with Crippen molar-refractivity contribution in [1.82, 2.24) is 5.43 Å². The summed E-state index contributed by atoms with van der Waals surface area (Å²) in [5.74, 6) is -2.75. The molecule has 1 rings (SSSR count). The smallest absolute Gasteiger partial charge is 0.289 e. The third-order valence-corrected chi connectivity index (χ3v) is 2.31. The van der Waals surface area contributed by atoms with Crippen LogP contribution in [0.3, 0.4) is 0 Å². The van der Waals surface area contributed by atoms with Gasteiger partial charge in [-0.15, -0.1) is 0 Å². The Morgan fingerprint density at radius 3 is 2.38 bits per heavy atom. The van der Waals surface area contributed by atoms with Crippen molar-refractivity contribution >= 4 is 17.4 Å². The normalized spacial score (nSPS) is 11.6. The Hall–Kier alpha value is -2.69. The highest BCUT2D eigenvalue weighted by molar-refractivity contribution is 6.12. The first-order chi connectivity index (χ1) is 9.84. The molecule has 0 aliphatic rings. The minimum Gasteiger partial charge on any atom is -0.289 e. The van der Waals surface area contributed by atoms with Crippen molar-refractivity contribution in [3.05, 3.63) is 35.9 Å². The van der Waals surface area contributed by atoms with Gasteiger partial charge in [0, 0.05) is 0 Å². The van der Waals surface area contributed by atoms with E-state index >= 15 is 0 Å². The van der Waals surface area contributed by atoms with Gasteiger partial charge < -0.3 is 0 Å². The molecule has 0 fully saturated rings. The lowest BCUT2D eigenvalue weighted by Gasteiger charge is -2.08. The van der Waals surface area contributed by atoms with Crippen LogP contribution in [0.4, 0.5) is 13.2 Å². The minimum atomic E-state index is -4.98. The topological polar surface area (TPSA) is 82.3 Å². The van der Waals surface area contributed by atoms with Gasteiger partial charge in [0.25, 0.3) is 5.91 Å². The molecule has 0 radical (unpaired) electrons. The molecule has 0 aliphatic heterocycles. The second kappa shape index (κ2) is 7.19. The average Bonchev–Trinajstić information content (AvgIpc) is 2.43. The summed E-state index contributed by atoms with van der Waals surface area (Å²) in [6.07, 6.45) is -6.47. The molecule has 0 aromatic heterocycles. The van der Waals surface area contributed by atoms with E-state index in [1.807, 2.05) is 5.43 Å². The fourth-order valence-electron chi connectivity index (χ4n) is 1.33. The molecule has 0 aliphatic carbocycles. The molecule has 0 bridgehead atoms. The largest absolute Gasteiger partial charge is 0.450 e. The van der Waals surface area contributed by atoms with E-state index < -0.39 is 30.7 Å². The maximum atomic E-state index is 12.3. The molecular formula is C13H10F3N3O2. The van der Waals surface area contributed by atoms with Crippen LogP contribution in [0.25, 0.3) is 0 Å². The number of benzene rings is 1. The van der Waals surface area contributed by atoms with Gasteiger partial charge in [0.15, 0.2) is 0 Å². The molecule has 1 amide bonds. The number of hydrogen-bond acceptors (Lipinski definition) is 4. The van der Waals surface area contributed by atoms with E-state index in [9.17, 15) is 22.8 Å². The van der Waals surface area contributed by atoms with Crippen LogP contribution in [-0.2, 0) is 9.59 Å². The highest BCUT2D eigenvalue weighted by Crippen LogP contribution is 2.19. The summed E-state index contributed by atoms with van der Waals surface area (Å²) in [6, 6.07) is 9.23. The lowest BCUT2D eigenvalue weighted by molar-refractivity contribution is -0.169. The third-order valence-electron chi connectivity index (χ3n) is 2.31. The monoisotopic (exact) mass is 297 g/mol. The fourth-order valence-corrected chi connectivity index (χ4v) is 1.33. The molecule has 5 nitrogen and oxygen atoms in total. The predicted molar refractivity (Wildman–Crippen MR) is 67.0 cm³/mol. The second-order valence-corrected chi connectivity index (χ2v) is 3.89. The zero-order chi connectivity index (χ0) is 15.9. The number of nitriles is 1. The summed E-state index contributed by atoms with van der Waals surface area (Å²) in [4.78, 5) is 22.2. The summed E-state index contributed by atoms with van der Waals surface area (Å²) in [7, 11) is 0. The summed E-state index contributed by atoms with van der Waals surface area (Å²) >= 11 is 0. The Kier molecular flexibility index (Phi) is 5.60. The van der Waals surface area contributed by atoms with Gasteiger partial charge >= 0.3 is 6.18 Å². The first-order valence-electron chi connectivity index (χ1n) is 5.72. The van der Waals surface area contributed by atoms with E-state index in [1.54, 1.807) is 24.3 Å². The first-order valence-corrected chi connectivity index (χ1v) is 5.72. The van der Waals surface area contributed by atoms with Crippen molar-refractivity contribution in [3.63, 3.8) is 0 Å². The summed E-state index contributed by atoms with van der Waals surface area (Å²) < 4.78 is 36.9. The highest BCUT2D eigenvalue weighted by Gasteiger charge is 2.38. The Balaban J connectivity index is 2.96. The van der Waals surface area contributed by atoms with Crippen LogP contribution in [0, 0.1) is 11.3 Å². The SMILES string of the molecule is N#CCC(=O)N/N=C(/CC(=O)C(F)(F)F)c1ccccc1. The van der Waals surface area contributed by atoms with Gasteiger partial charge in [-0.2, -0.15) is 23.5 Å². The molecule has 0 unspecified atom stereocenters. The number of halogens is 3. The van der Waals surface area contributed by atoms with Crippen molar-refractivity contribution < 1.29 is 22.8 Å². The summed E-state index contributed by atoms with van der Waals surface area (Å²) in [5.41, 5.74) is 1.98. The minimum absolute atomic E-state index is 0.232. The standard InChI is InChI=1S/C13H10F3N3O2/c14-13(15,16)11(20)8-10(9-4-2-1-3-5-9)18-19-12(21)6-7-17/h1-5H,6,8H2,(H,19,21)/b18-10-. The Labute approximate surface area is 118 Å². The first kappa shape index (κ1) is 16.4. The number of nitrogens with zero attached hydrogens (tertiary/aromatic N) is 2. The predicted octanol–water partition coefficient (Wildman–Crippen LogP) is 1.94. The highest BCUT2D eigenvalue weighted by atomic mass is 19.4. The number of amides is 1. The summed E-state index contributed by atoms with van der Waals surface area (Å²) in [6.45, 7) is 0. The molecule has 1 aromatic rings. The maximum Gasteiger partial charge on any atom is 0.450 e. The number of alkyl halides is 3. The number of hydrogen-bond donors (Lipinski definition) is 1. The van der Waals surface area contributed by atoms with Gasteiger partial charge in [-0.3, -0.25) is 9.59 Å². The van der Waals surface area contributed by atoms with E-state index in [2.05, 4.69) is 5.10 Å². The number of nitrogens with one attached hydrogen (secondary N) is 1. The molecular weight excluding hydrogens is 287 g/mol. The van der Waals surface area contributed by atoms with Crippen molar-refractivity contribution in [2.24, 2.45) is 5.10 Å². The van der Waals surface area contributed by atoms with Crippen LogP contribution in [0.15, 0.2) is 35.4 Å². The molecule has 21 heavy (non-hydrogen) atoms. The maximum absolute atomic E-state index is 12.3. The zero-order valence-electron chi connectivity index (χ0n) is 10.6. The number of hydrazone groups is 1. The van der Waals surface area contributed by atoms with Gasteiger partial charge in [-0.25, -0.2) is 5.43 Å². The van der Waals surface area contributed by atoms with Crippen LogP contribution < -0.4 is 5.43 Å². The second-order valence-electron chi connectivity index (χ2n) is 3.89. The molecule has 0 saturated carbocycles. The molecule has 8 heteroatoms. The molecule has 0 atom stereocenters. The molecule has 0 saturated heterocycles. The van der Waals surface area contributed by atoms with Gasteiger partial charge in [-0.05, 0) is 5.56 Å². The van der Waals surface area contributed by atoms with E-state index in [0.29, 0.717) is 0 Å². The van der Waals surface area contributed by atoms with Crippen LogP contribution >= 0.6 is 0 Å². The quantitative estimate of drug-likeness (QED) is 0.666. The van der Waals surface area contributed by atoms with E-state index in [0.717, 1.165) is 0 Å². The Morgan fingerprint density at radius 1 is 1.24 bits per heavy atom. The molecule has 1 N–H and O–H groups in total. The molecule has 0 heterocycles. The lowest BCUT2D eigenvalue weighted by atomic mass is 10.1. The number of ketones is 1. The number of carbonyl (C=O) groups excluding carboxylic acids is 2. The lowest BCUT2D eigenvalue weighted by Crippen LogP contribution is -2.27. The molecule has 0 spiro atoms. The van der Waals surface area contributed by atoms with E-state index in [1.165, 1.54) is 12.1 Å². The summed E-state index contributed by atoms with van der Waals surface area (Å²) in [5, 5.41) is 11.8. The van der Waals surface area contributed by atoms with Crippen molar-refractivity contribution in [2.75, 3.05) is 0 Å². The number of carbonyl (C=O) groups is 2. The van der Waals surface area contributed by atoms with Crippen molar-refractivity contribution in [2.45, 2.75) is 19.0 Å². The van der Waals surface area contributed by atoms with Crippen LogP contribution in [0.1, 0.15) is 18.4 Å². The van der Waals surface area contributed by atoms with E-state index in [-0.39, 0.29) is 11.3 Å². The van der Waals surface area contributed by atoms with Crippen LogP contribution in [0.5, 0.6) is 0 Å². The fraction of sp³-hybridized carbons (Fsp3) is 0.231. The van der Waals surface area contributed by atoms with Crippen molar-refractivity contribution in [3.8, 4) is 6.07 Å². The third kappa shape index (κ3) is 5.44. The molecule has 110 valence electrons. The van der Waals surface area contributed by atoms with E-state index in [4.69, 9.17) is 5.26 Å². The van der Waals surface area contributed by atoms with Gasteiger partial charge in [0.2, 0.25) is 5.78 Å². The van der Waals surface area contributed by atoms with Crippen LogP contribution in [-0.4, -0.2) is 23.6 Å². The van der Waals surface area contributed by atoms with Gasteiger partial charge in [0.05, 0.1) is 18.2 Å². The van der Waals surface area contributed by atoms with Gasteiger partial charge in [0.1, 0.15) is 6.42 Å². The number of rotatable bonds is 5.